The molecule has 0 aliphatic rings. The Morgan fingerprint density at radius 3 is 2.81 bits per heavy atom. The Morgan fingerprint density at radius 2 is 2.25 bits per heavy atom. The molecule has 0 amide bonds. The van der Waals surface area contributed by atoms with Gasteiger partial charge in [0.05, 0.1) is 12.7 Å². The average Bonchev–Trinajstić information content (AvgIpc) is 2.63. The van der Waals surface area contributed by atoms with Crippen LogP contribution in [0.5, 0.6) is 0 Å². The molecule has 16 heavy (non-hydrogen) atoms. The summed E-state index contributed by atoms with van der Waals surface area (Å²) in [6, 6.07) is -0.0935. The van der Waals surface area contributed by atoms with E-state index in [9.17, 15) is 13.2 Å². The van der Waals surface area contributed by atoms with Crippen molar-refractivity contribution in [3.63, 3.8) is 0 Å². The minimum atomic E-state index is -4.17. The first-order valence-electron chi connectivity index (χ1n) is 4.91. The summed E-state index contributed by atoms with van der Waals surface area (Å²) in [4.78, 5) is 0. The molecule has 0 spiro atoms. The zero-order valence-corrected chi connectivity index (χ0v) is 9.68. The molecule has 1 unspecified atom stereocenters. The number of aryl methyl sites for hydroxylation is 1. The van der Waals surface area contributed by atoms with Crippen molar-refractivity contribution in [2.45, 2.75) is 31.4 Å². The van der Waals surface area contributed by atoms with Gasteiger partial charge < -0.3 is 5.73 Å². The number of halogens is 3. The van der Waals surface area contributed by atoms with E-state index in [0.717, 1.165) is 12.0 Å². The molecule has 0 fully saturated rings. The number of alkyl halides is 3. The fourth-order valence-corrected chi connectivity index (χ4v) is 1.69. The maximum Gasteiger partial charge on any atom is 0.441 e. The van der Waals surface area contributed by atoms with E-state index < -0.39 is 5.51 Å². The summed E-state index contributed by atoms with van der Waals surface area (Å²) >= 11 is -0.0403. The van der Waals surface area contributed by atoms with Gasteiger partial charge in [-0.2, -0.15) is 18.3 Å². The lowest BCUT2D eigenvalue weighted by Crippen LogP contribution is -2.08. The van der Waals surface area contributed by atoms with Crippen LogP contribution in [0.25, 0.3) is 0 Å². The zero-order chi connectivity index (χ0) is 12.2. The minimum absolute atomic E-state index is 0.0357. The standard InChI is InChI=1S/C9H14F3N3S/c1-2-8(13)7-5-14-15(6-7)3-4-16-9(10,11)12/h5-6,8H,2-4,13H2,1H3. The molecule has 0 aliphatic heterocycles. The summed E-state index contributed by atoms with van der Waals surface area (Å²) in [7, 11) is 0. The van der Waals surface area contributed by atoms with E-state index in [4.69, 9.17) is 5.73 Å². The monoisotopic (exact) mass is 253 g/mol. The van der Waals surface area contributed by atoms with E-state index in [1.54, 1.807) is 12.4 Å². The first kappa shape index (κ1) is 13.4. The second-order valence-electron chi connectivity index (χ2n) is 3.35. The van der Waals surface area contributed by atoms with E-state index in [1.165, 1.54) is 4.68 Å². The predicted molar refractivity (Wildman–Crippen MR) is 58.0 cm³/mol. The summed E-state index contributed by atoms with van der Waals surface area (Å²) in [5.74, 6) is -0.0357. The van der Waals surface area contributed by atoms with Gasteiger partial charge in [0.15, 0.2) is 0 Å². The van der Waals surface area contributed by atoms with Crippen molar-refractivity contribution in [2.75, 3.05) is 5.75 Å². The van der Waals surface area contributed by atoms with Crippen LogP contribution in [0.15, 0.2) is 12.4 Å². The summed E-state index contributed by atoms with van der Waals surface area (Å²) in [6.45, 7) is 2.18. The number of nitrogens with zero attached hydrogens (tertiary/aromatic N) is 2. The van der Waals surface area contributed by atoms with Crippen LogP contribution in [0.3, 0.4) is 0 Å². The lowest BCUT2D eigenvalue weighted by molar-refractivity contribution is -0.0328. The number of hydrogen-bond acceptors (Lipinski definition) is 3. The maximum absolute atomic E-state index is 11.9. The largest absolute Gasteiger partial charge is 0.441 e. The van der Waals surface area contributed by atoms with Gasteiger partial charge in [-0.05, 0) is 18.2 Å². The van der Waals surface area contributed by atoms with Crippen LogP contribution in [0.1, 0.15) is 24.9 Å². The number of thioether (sulfide) groups is 1. The van der Waals surface area contributed by atoms with Gasteiger partial charge in [0, 0.05) is 23.6 Å². The van der Waals surface area contributed by atoms with E-state index >= 15 is 0 Å². The summed E-state index contributed by atoms with van der Waals surface area (Å²) in [5.41, 5.74) is 2.46. The first-order chi connectivity index (χ1) is 7.42. The molecule has 7 heteroatoms. The minimum Gasteiger partial charge on any atom is -0.324 e. The zero-order valence-electron chi connectivity index (χ0n) is 8.87. The third-order valence-corrected chi connectivity index (χ3v) is 2.82. The van der Waals surface area contributed by atoms with Crippen molar-refractivity contribution in [3.05, 3.63) is 18.0 Å². The molecule has 1 aromatic heterocycles. The second kappa shape index (κ2) is 5.58. The highest BCUT2D eigenvalue weighted by Crippen LogP contribution is 2.29. The highest BCUT2D eigenvalue weighted by atomic mass is 32.2. The molecule has 1 rings (SSSR count). The topological polar surface area (TPSA) is 43.8 Å². The molecule has 1 aromatic rings. The average molecular weight is 253 g/mol. The third kappa shape index (κ3) is 4.44. The quantitative estimate of drug-likeness (QED) is 0.877. The van der Waals surface area contributed by atoms with Crippen molar-refractivity contribution in [2.24, 2.45) is 5.73 Å². The fourth-order valence-electron chi connectivity index (χ4n) is 1.18. The number of nitrogens with two attached hydrogens (primary N) is 1. The molecular weight excluding hydrogens is 239 g/mol. The Bertz CT molecular complexity index is 324. The van der Waals surface area contributed by atoms with Crippen LogP contribution in [0.4, 0.5) is 13.2 Å². The van der Waals surface area contributed by atoms with E-state index in [0.29, 0.717) is 0 Å². The Morgan fingerprint density at radius 1 is 1.56 bits per heavy atom. The van der Waals surface area contributed by atoms with Crippen molar-refractivity contribution in [1.82, 2.24) is 9.78 Å². The highest BCUT2D eigenvalue weighted by Gasteiger charge is 2.27. The lowest BCUT2D eigenvalue weighted by atomic mass is 10.1. The molecule has 0 bridgehead atoms. The molecule has 0 saturated carbocycles. The fraction of sp³-hybridized carbons (Fsp3) is 0.667. The molecule has 1 heterocycles. The molecule has 0 saturated heterocycles. The smallest absolute Gasteiger partial charge is 0.324 e. The summed E-state index contributed by atoms with van der Waals surface area (Å²) in [5, 5.41) is 3.96. The van der Waals surface area contributed by atoms with Crippen molar-refractivity contribution < 1.29 is 13.2 Å². The Hall–Kier alpha value is -0.690. The number of rotatable bonds is 5. The first-order valence-corrected chi connectivity index (χ1v) is 5.89. The predicted octanol–water partition coefficient (Wildman–Crippen LogP) is 2.55. The van der Waals surface area contributed by atoms with Gasteiger partial charge in [0.1, 0.15) is 0 Å². The lowest BCUT2D eigenvalue weighted by Gasteiger charge is -2.06. The normalized spacial score (nSPS) is 14.1. The molecule has 92 valence electrons. The van der Waals surface area contributed by atoms with Crippen LogP contribution in [0, 0.1) is 0 Å². The Labute approximate surface area is 96.2 Å². The van der Waals surface area contributed by atoms with Gasteiger partial charge >= 0.3 is 5.51 Å². The molecule has 2 N–H and O–H groups in total. The van der Waals surface area contributed by atoms with Crippen LogP contribution >= 0.6 is 11.8 Å². The molecule has 0 aliphatic carbocycles. The molecule has 3 nitrogen and oxygen atoms in total. The molecule has 0 radical (unpaired) electrons. The van der Waals surface area contributed by atoms with Crippen molar-refractivity contribution in [3.8, 4) is 0 Å². The highest BCUT2D eigenvalue weighted by molar-refractivity contribution is 8.00. The van der Waals surface area contributed by atoms with Crippen molar-refractivity contribution in [1.29, 1.82) is 0 Å². The van der Waals surface area contributed by atoms with Crippen molar-refractivity contribution >= 4 is 11.8 Å². The van der Waals surface area contributed by atoms with E-state index in [-0.39, 0.29) is 30.1 Å². The van der Waals surface area contributed by atoms with Crippen LogP contribution < -0.4 is 5.73 Å². The van der Waals surface area contributed by atoms with Gasteiger partial charge in [-0.1, -0.05) is 6.92 Å². The van der Waals surface area contributed by atoms with Gasteiger partial charge in [-0.3, -0.25) is 4.68 Å². The molecule has 0 aromatic carbocycles. The SMILES string of the molecule is CCC(N)c1cnn(CCSC(F)(F)F)c1. The Balaban J connectivity index is 2.41. The second-order valence-corrected chi connectivity index (χ2v) is 4.51. The molecular formula is C9H14F3N3S. The van der Waals surface area contributed by atoms with Gasteiger partial charge in [0.2, 0.25) is 0 Å². The third-order valence-electron chi connectivity index (χ3n) is 2.11. The van der Waals surface area contributed by atoms with Crippen LogP contribution in [0.2, 0.25) is 0 Å². The van der Waals surface area contributed by atoms with E-state index in [1.807, 2.05) is 6.92 Å². The molecule has 1 atom stereocenters. The van der Waals surface area contributed by atoms with Gasteiger partial charge in [-0.25, -0.2) is 0 Å². The number of aromatic nitrogens is 2. The number of hydrogen-bond donors (Lipinski definition) is 1. The maximum atomic E-state index is 11.9. The Kier molecular flexibility index (Phi) is 4.67. The van der Waals surface area contributed by atoms with Gasteiger partial charge in [0.25, 0.3) is 0 Å². The van der Waals surface area contributed by atoms with Crippen LogP contribution in [-0.4, -0.2) is 21.0 Å². The van der Waals surface area contributed by atoms with Gasteiger partial charge in [-0.15, -0.1) is 0 Å². The summed E-state index contributed by atoms with van der Waals surface area (Å²) < 4.78 is 37.1. The van der Waals surface area contributed by atoms with Crippen LogP contribution in [-0.2, 0) is 6.54 Å². The van der Waals surface area contributed by atoms with E-state index in [2.05, 4.69) is 5.10 Å². The summed E-state index contributed by atoms with van der Waals surface area (Å²) in [6.07, 6.45) is 4.08.